The Morgan fingerprint density at radius 1 is 1.09 bits per heavy atom. The maximum Gasteiger partial charge on any atom is 0.261 e. The summed E-state index contributed by atoms with van der Waals surface area (Å²) in [7, 11) is 0. The summed E-state index contributed by atoms with van der Waals surface area (Å²) < 4.78 is 20.1. The minimum Gasteiger partial charge on any atom is -0.484 e. The van der Waals surface area contributed by atoms with Crippen molar-refractivity contribution in [3.63, 3.8) is 0 Å². The Bertz CT molecular complexity index is 910. The molecule has 7 heteroatoms. The summed E-state index contributed by atoms with van der Waals surface area (Å²) in [4.78, 5) is 27.7. The fourth-order valence-corrected chi connectivity index (χ4v) is 3.59. The Hall–Kier alpha value is -2.41. The summed E-state index contributed by atoms with van der Waals surface area (Å²) in [6.45, 7) is 9.69. The van der Waals surface area contributed by atoms with E-state index in [9.17, 15) is 14.0 Å². The van der Waals surface area contributed by atoms with Gasteiger partial charge < -0.3 is 15.0 Å². The highest BCUT2D eigenvalue weighted by Gasteiger charge is 2.29. The largest absolute Gasteiger partial charge is 0.484 e. The van der Waals surface area contributed by atoms with Crippen LogP contribution in [0.3, 0.4) is 0 Å². The lowest BCUT2D eigenvalue weighted by Gasteiger charge is -2.31. The van der Waals surface area contributed by atoms with Crippen LogP contribution in [-0.4, -0.2) is 35.4 Å². The molecule has 0 spiro atoms. The Labute approximate surface area is 198 Å². The van der Waals surface area contributed by atoms with Crippen LogP contribution < -0.4 is 10.1 Å². The van der Waals surface area contributed by atoms with E-state index in [1.807, 2.05) is 46.8 Å². The second kappa shape index (κ2) is 12.0. The standard InChI is InChI=1S/C25H32BrFN2O3/c1-6-18(5)28-25(31)22(7-2)29(14-19-8-10-20(27)11-9-19)23(30)15-32-21-12-16(3)24(26)17(4)13-21/h8-13,18,22H,6-7,14-15H2,1-5H3,(H,28,31)/t18-,22-/m0/s1. The van der Waals surface area contributed by atoms with Crippen LogP contribution in [-0.2, 0) is 16.1 Å². The van der Waals surface area contributed by atoms with Crippen molar-refractivity contribution in [1.82, 2.24) is 10.2 Å². The average Bonchev–Trinajstić information content (AvgIpc) is 2.76. The summed E-state index contributed by atoms with van der Waals surface area (Å²) >= 11 is 3.53. The fraction of sp³-hybridized carbons (Fsp3) is 0.440. The van der Waals surface area contributed by atoms with E-state index in [0.29, 0.717) is 12.2 Å². The van der Waals surface area contributed by atoms with E-state index in [2.05, 4.69) is 21.2 Å². The first kappa shape index (κ1) is 25.8. The van der Waals surface area contributed by atoms with Crippen LogP contribution in [0.5, 0.6) is 5.75 Å². The summed E-state index contributed by atoms with van der Waals surface area (Å²) in [5.74, 6) is -0.265. The molecule has 2 rings (SSSR count). The van der Waals surface area contributed by atoms with Gasteiger partial charge in [0.1, 0.15) is 17.6 Å². The third-order valence-corrected chi connectivity index (χ3v) is 6.68. The first-order chi connectivity index (χ1) is 15.2. The number of nitrogens with zero attached hydrogens (tertiary/aromatic N) is 1. The van der Waals surface area contributed by atoms with Crippen LogP contribution in [0.4, 0.5) is 4.39 Å². The lowest BCUT2D eigenvalue weighted by atomic mass is 10.1. The zero-order valence-electron chi connectivity index (χ0n) is 19.4. The van der Waals surface area contributed by atoms with Gasteiger partial charge in [-0.2, -0.15) is 0 Å². The van der Waals surface area contributed by atoms with Crippen molar-refractivity contribution < 1.29 is 18.7 Å². The first-order valence-corrected chi connectivity index (χ1v) is 11.7. The molecular formula is C25H32BrFN2O3. The summed E-state index contributed by atoms with van der Waals surface area (Å²) in [6, 6.07) is 9.02. The van der Waals surface area contributed by atoms with Crippen molar-refractivity contribution in [2.24, 2.45) is 0 Å². The van der Waals surface area contributed by atoms with Gasteiger partial charge in [-0.05, 0) is 74.6 Å². The van der Waals surface area contributed by atoms with E-state index in [4.69, 9.17) is 4.74 Å². The van der Waals surface area contributed by atoms with Gasteiger partial charge in [-0.25, -0.2) is 4.39 Å². The third kappa shape index (κ3) is 7.05. The molecule has 0 bridgehead atoms. The zero-order valence-corrected chi connectivity index (χ0v) is 21.0. The number of carbonyl (C=O) groups excluding carboxylic acids is 2. The van der Waals surface area contributed by atoms with Gasteiger partial charge in [0.2, 0.25) is 5.91 Å². The average molecular weight is 507 g/mol. The molecule has 2 atom stereocenters. The Kier molecular flexibility index (Phi) is 9.69. The number of amides is 2. The summed E-state index contributed by atoms with van der Waals surface area (Å²) in [6.07, 6.45) is 1.24. The zero-order chi connectivity index (χ0) is 23.8. The van der Waals surface area contributed by atoms with Gasteiger partial charge in [0.15, 0.2) is 6.61 Å². The lowest BCUT2D eigenvalue weighted by Crippen LogP contribution is -2.51. The highest BCUT2D eigenvalue weighted by atomic mass is 79.9. The van der Waals surface area contributed by atoms with E-state index >= 15 is 0 Å². The molecular weight excluding hydrogens is 475 g/mol. The smallest absolute Gasteiger partial charge is 0.261 e. The number of ether oxygens (including phenoxy) is 1. The molecule has 0 aliphatic rings. The van der Waals surface area contributed by atoms with Crippen molar-refractivity contribution in [3.8, 4) is 5.75 Å². The van der Waals surface area contributed by atoms with Crippen LogP contribution in [0.25, 0.3) is 0 Å². The van der Waals surface area contributed by atoms with E-state index in [1.165, 1.54) is 17.0 Å². The van der Waals surface area contributed by atoms with Crippen LogP contribution in [0.15, 0.2) is 40.9 Å². The predicted molar refractivity (Wildman–Crippen MR) is 128 cm³/mol. The molecule has 174 valence electrons. The maximum absolute atomic E-state index is 13.4. The van der Waals surface area contributed by atoms with Crippen LogP contribution in [0.1, 0.15) is 50.3 Å². The maximum atomic E-state index is 13.4. The van der Waals surface area contributed by atoms with E-state index in [0.717, 1.165) is 27.6 Å². The van der Waals surface area contributed by atoms with E-state index in [-0.39, 0.29) is 36.8 Å². The molecule has 0 aromatic heterocycles. The molecule has 0 aliphatic heterocycles. The van der Waals surface area contributed by atoms with Crippen LogP contribution in [0, 0.1) is 19.7 Å². The van der Waals surface area contributed by atoms with Gasteiger partial charge in [-0.1, -0.05) is 41.9 Å². The SMILES string of the molecule is CC[C@H](C)NC(=O)[C@H](CC)N(Cc1ccc(F)cc1)C(=O)COc1cc(C)c(Br)c(C)c1. The van der Waals surface area contributed by atoms with Gasteiger partial charge in [0.05, 0.1) is 0 Å². The minimum atomic E-state index is -0.654. The number of aryl methyl sites for hydroxylation is 2. The topological polar surface area (TPSA) is 58.6 Å². The Morgan fingerprint density at radius 3 is 2.22 bits per heavy atom. The van der Waals surface area contributed by atoms with Crippen molar-refractivity contribution in [2.75, 3.05) is 6.61 Å². The Morgan fingerprint density at radius 2 is 1.69 bits per heavy atom. The molecule has 2 aromatic carbocycles. The van der Waals surface area contributed by atoms with Crippen molar-refractivity contribution in [3.05, 3.63) is 63.4 Å². The Balaban J connectivity index is 2.24. The van der Waals surface area contributed by atoms with Crippen molar-refractivity contribution >= 4 is 27.7 Å². The molecule has 32 heavy (non-hydrogen) atoms. The number of halogens is 2. The molecule has 0 aliphatic carbocycles. The molecule has 2 amide bonds. The monoisotopic (exact) mass is 506 g/mol. The molecule has 0 unspecified atom stereocenters. The molecule has 0 fully saturated rings. The molecule has 0 heterocycles. The summed E-state index contributed by atoms with van der Waals surface area (Å²) in [5.41, 5.74) is 2.76. The number of benzene rings is 2. The molecule has 0 saturated carbocycles. The molecule has 0 saturated heterocycles. The van der Waals surface area contributed by atoms with Gasteiger partial charge in [0, 0.05) is 17.1 Å². The van der Waals surface area contributed by atoms with Gasteiger partial charge >= 0.3 is 0 Å². The van der Waals surface area contributed by atoms with Gasteiger partial charge in [-0.3, -0.25) is 9.59 Å². The first-order valence-electron chi connectivity index (χ1n) is 10.9. The molecule has 5 nitrogen and oxygen atoms in total. The number of carbonyl (C=O) groups is 2. The highest BCUT2D eigenvalue weighted by molar-refractivity contribution is 9.10. The number of nitrogens with one attached hydrogen (secondary N) is 1. The second-order valence-corrected chi connectivity index (χ2v) is 8.84. The summed E-state index contributed by atoms with van der Waals surface area (Å²) in [5, 5.41) is 2.97. The number of hydrogen-bond donors (Lipinski definition) is 1. The second-order valence-electron chi connectivity index (χ2n) is 8.05. The van der Waals surface area contributed by atoms with Crippen molar-refractivity contribution in [2.45, 2.75) is 66.1 Å². The van der Waals surface area contributed by atoms with Crippen LogP contribution in [0.2, 0.25) is 0 Å². The highest BCUT2D eigenvalue weighted by Crippen LogP contribution is 2.26. The lowest BCUT2D eigenvalue weighted by molar-refractivity contribution is -0.143. The van der Waals surface area contributed by atoms with E-state index < -0.39 is 6.04 Å². The number of hydrogen-bond acceptors (Lipinski definition) is 3. The predicted octanol–water partition coefficient (Wildman–Crippen LogP) is 5.31. The number of rotatable bonds is 10. The fourth-order valence-electron chi connectivity index (χ4n) is 3.36. The minimum absolute atomic E-state index is 0.00397. The van der Waals surface area contributed by atoms with Gasteiger partial charge in [-0.15, -0.1) is 0 Å². The third-order valence-electron chi connectivity index (χ3n) is 5.43. The van der Waals surface area contributed by atoms with Crippen LogP contribution >= 0.6 is 15.9 Å². The normalized spacial score (nSPS) is 12.7. The molecule has 2 aromatic rings. The van der Waals surface area contributed by atoms with Crippen molar-refractivity contribution in [1.29, 1.82) is 0 Å². The van der Waals surface area contributed by atoms with E-state index in [1.54, 1.807) is 12.1 Å². The quantitative estimate of drug-likeness (QED) is 0.475. The molecule has 0 radical (unpaired) electrons. The molecule has 1 N–H and O–H groups in total. The van der Waals surface area contributed by atoms with Gasteiger partial charge in [0.25, 0.3) is 5.91 Å².